The van der Waals surface area contributed by atoms with Crippen LogP contribution in [0.2, 0.25) is 0 Å². The summed E-state index contributed by atoms with van der Waals surface area (Å²) in [7, 11) is 0. The zero-order valence-corrected chi connectivity index (χ0v) is 14.5. The largest absolute Gasteiger partial charge is 0.300 e. The van der Waals surface area contributed by atoms with Gasteiger partial charge in [-0.2, -0.15) is 9.36 Å². The van der Waals surface area contributed by atoms with Crippen molar-refractivity contribution in [2.24, 2.45) is 5.92 Å². The Morgan fingerprint density at radius 3 is 2.91 bits per heavy atom. The Labute approximate surface area is 143 Å². The Balaban J connectivity index is 1.57. The molecule has 0 saturated carbocycles. The van der Waals surface area contributed by atoms with Gasteiger partial charge in [0.2, 0.25) is 11.0 Å². The maximum atomic E-state index is 12.4. The minimum Gasteiger partial charge on any atom is -0.300 e. The molecule has 0 radical (unpaired) electrons. The number of carbonyl (C=O) groups is 1. The highest BCUT2D eigenvalue weighted by molar-refractivity contribution is 7.15. The number of nitrogens with one attached hydrogen (secondary N) is 1. The molecular formula is C16H18N4OS2. The minimum atomic E-state index is 0.0281. The highest BCUT2D eigenvalue weighted by Crippen LogP contribution is 2.28. The monoisotopic (exact) mass is 346 g/mol. The third-order valence-corrected chi connectivity index (χ3v) is 5.52. The molecule has 2 aromatic rings. The number of hydrogen-bond donors (Lipinski definition) is 1. The van der Waals surface area contributed by atoms with Crippen molar-refractivity contribution in [3.8, 4) is 23.0 Å². The van der Waals surface area contributed by atoms with Gasteiger partial charge >= 0.3 is 0 Å². The fraction of sp³-hybridized carbons (Fsp3) is 0.438. The molecule has 3 heterocycles. The SMILES string of the molecule is C#CCN1CCC(C(=O)Nc2nc(-c3ccc(C)s3)ns2)CC1. The van der Waals surface area contributed by atoms with E-state index in [-0.39, 0.29) is 11.8 Å². The molecule has 0 aliphatic carbocycles. The number of hydrogen-bond acceptors (Lipinski definition) is 6. The normalized spacial score (nSPS) is 16.2. The fourth-order valence-electron chi connectivity index (χ4n) is 2.62. The molecule has 1 saturated heterocycles. The summed E-state index contributed by atoms with van der Waals surface area (Å²) in [6, 6.07) is 4.05. The second-order valence-electron chi connectivity index (χ2n) is 5.58. The first-order valence-corrected chi connectivity index (χ1v) is 9.12. The second-order valence-corrected chi connectivity index (χ2v) is 7.62. The number of anilines is 1. The fourth-order valence-corrected chi connectivity index (χ4v) is 4.06. The van der Waals surface area contributed by atoms with Crippen LogP contribution in [0.25, 0.3) is 10.7 Å². The summed E-state index contributed by atoms with van der Waals surface area (Å²) in [5, 5.41) is 3.48. The average Bonchev–Trinajstić information content (AvgIpc) is 3.17. The van der Waals surface area contributed by atoms with Gasteiger partial charge in [-0.3, -0.25) is 9.69 Å². The van der Waals surface area contributed by atoms with Crippen LogP contribution in [0.5, 0.6) is 0 Å². The molecule has 0 spiro atoms. The number of terminal acetylenes is 1. The van der Waals surface area contributed by atoms with Crippen LogP contribution in [0.3, 0.4) is 0 Å². The third kappa shape index (κ3) is 3.96. The minimum absolute atomic E-state index is 0.0281. The summed E-state index contributed by atoms with van der Waals surface area (Å²) in [5.41, 5.74) is 0. The van der Waals surface area contributed by atoms with Gasteiger partial charge in [0.05, 0.1) is 11.4 Å². The standard InChI is InChI=1S/C16H18N4OS2/c1-3-8-20-9-6-12(7-10-20)15(21)18-16-17-14(19-23-16)13-5-4-11(2)22-13/h1,4-5,12H,6-10H2,2H3,(H,17,18,19,21). The maximum Gasteiger partial charge on any atom is 0.229 e. The summed E-state index contributed by atoms with van der Waals surface area (Å²) >= 11 is 2.88. The number of piperidine rings is 1. The molecule has 120 valence electrons. The maximum absolute atomic E-state index is 12.4. The number of likely N-dealkylation sites (tertiary alicyclic amines) is 1. The van der Waals surface area contributed by atoms with Crippen LogP contribution in [0.4, 0.5) is 5.13 Å². The van der Waals surface area contributed by atoms with E-state index in [1.807, 2.05) is 12.1 Å². The first-order chi connectivity index (χ1) is 11.2. The van der Waals surface area contributed by atoms with E-state index in [1.165, 1.54) is 16.4 Å². The zero-order chi connectivity index (χ0) is 16.2. The van der Waals surface area contributed by atoms with Crippen molar-refractivity contribution in [1.82, 2.24) is 14.3 Å². The van der Waals surface area contributed by atoms with Gasteiger partial charge in [-0.25, -0.2) is 0 Å². The van der Waals surface area contributed by atoms with Crippen LogP contribution in [-0.2, 0) is 4.79 Å². The number of amides is 1. The first-order valence-electron chi connectivity index (χ1n) is 7.53. The quantitative estimate of drug-likeness (QED) is 0.865. The van der Waals surface area contributed by atoms with Gasteiger partial charge in [-0.1, -0.05) is 5.92 Å². The second kappa shape index (κ2) is 7.21. The molecule has 1 N–H and O–H groups in total. The predicted molar refractivity (Wildman–Crippen MR) is 94.6 cm³/mol. The van der Waals surface area contributed by atoms with Crippen LogP contribution in [0, 0.1) is 25.2 Å². The molecule has 1 amide bonds. The Hall–Kier alpha value is -1.75. The smallest absolute Gasteiger partial charge is 0.229 e. The molecule has 1 aliphatic rings. The van der Waals surface area contributed by atoms with E-state index >= 15 is 0 Å². The summed E-state index contributed by atoms with van der Waals surface area (Å²) in [6.07, 6.45) is 7.00. The molecule has 1 fully saturated rings. The van der Waals surface area contributed by atoms with Crippen molar-refractivity contribution in [3.05, 3.63) is 17.0 Å². The predicted octanol–water partition coefficient (Wildman–Crippen LogP) is 2.86. The highest BCUT2D eigenvalue weighted by Gasteiger charge is 2.25. The van der Waals surface area contributed by atoms with Crippen LogP contribution < -0.4 is 5.32 Å². The summed E-state index contributed by atoms with van der Waals surface area (Å²) in [5.74, 6) is 3.40. The first kappa shape index (κ1) is 16.1. The number of rotatable bonds is 4. The van der Waals surface area contributed by atoms with Gasteiger partial charge < -0.3 is 5.32 Å². The van der Waals surface area contributed by atoms with Crippen LogP contribution >= 0.6 is 22.9 Å². The molecule has 1 aliphatic heterocycles. The van der Waals surface area contributed by atoms with Crippen LogP contribution in [-0.4, -0.2) is 39.8 Å². The van der Waals surface area contributed by atoms with Gasteiger partial charge in [0.1, 0.15) is 0 Å². The lowest BCUT2D eigenvalue weighted by Crippen LogP contribution is -2.38. The van der Waals surface area contributed by atoms with Crippen molar-refractivity contribution in [2.75, 3.05) is 25.0 Å². The zero-order valence-electron chi connectivity index (χ0n) is 12.9. The van der Waals surface area contributed by atoms with E-state index < -0.39 is 0 Å². The number of aryl methyl sites for hydroxylation is 1. The van der Waals surface area contributed by atoms with Crippen molar-refractivity contribution in [1.29, 1.82) is 0 Å². The van der Waals surface area contributed by atoms with E-state index in [0.717, 1.165) is 30.8 Å². The van der Waals surface area contributed by atoms with Gasteiger partial charge in [-0.15, -0.1) is 17.8 Å². The van der Waals surface area contributed by atoms with Crippen molar-refractivity contribution in [3.63, 3.8) is 0 Å². The van der Waals surface area contributed by atoms with Gasteiger partial charge in [0.25, 0.3) is 0 Å². The molecule has 0 aromatic carbocycles. The van der Waals surface area contributed by atoms with E-state index in [4.69, 9.17) is 6.42 Å². The molecule has 23 heavy (non-hydrogen) atoms. The van der Waals surface area contributed by atoms with E-state index in [2.05, 4.69) is 32.4 Å². The van der Waals surface area contributed by atoms with E-state index in [9.17, 15) is 4.79 Å². The van der Waals surface area contributed by atoms with Crippen LogP contribution in [0.15, 0.2) is 12.1 Å². The highest BCUT2D eigenvalue weighted by atomic mass is 32.1. The van der Waals surface area contributed by atoms with Crippen LogP contribution in [0.1, 0.15) is 17.7 Å². The number of aromatic nitrogens is 2. The summed E-state index contributed by atoms with van der Waals surface area (Å²) in [6.45, 7) is 4.46. The van der Waals surface area contributed by atoms with E-state index in [0.29, 0.717) is 17.5 Å². The lowest BCUT2D eigenvalue weighted by Gasteiger charge is -2.29. The van der Waals surface area contributed by atoms with E-state index in [1.54, 1.807) is 11.3 Å². The van der Waals surface area contributed by atoms with Gasteiger partial charge in [0.15, 0.2) is 5.82 Å². The molecule has 0 bridgehead atoms. The van der Waals surface area contributed by atoms with Gasteiger partial charge in [-0.05, 0) is 45.0 Å². The number of thiophene rings is 1. The molecule has 3 rings (SSSR count). The molecule has 0 atom stereocenters. The molecular weight excluding hydrogens is 328 g/mol. The number of carbonyl (C=O) groups excluding carboxylic acids is 1. The third-order valence-electron chi connectivity index (χ3n) is 3.89. The molecule has 7 heteroatoms. The Morgan fingerprint density at radius 1 is 1.48 bits per heavy atom. The Morgan fingerprint density at radius 2 is 2.26 bits per heavy atom. The lowest BCUT2D eigenvalue weighted by molar-refractivity contribution is -0.121. The topological polar surface area (TPSA) is 58.1 Å². The lowest BCUT2D eigenvalue weighted by atomic mass is 9.96. The van der Waals surface area contributed by atoms with Gasteiger partial charge in [0, 0.05) is 22.3 Å². The summed E-state index contributed by atoms with van der Waals surface area (Å²) < 4.78 is 4.33. The molecule has 2 aromatic heterocycles. The Kier molecular flexibility index (Phi) is 5.06. The van der Waals surface area contributed by atoms with Crippen molar-refractivity contribution >= 4 is 33.9 Å². The summed E-state index contributed by atoms with van der Waals surface area (Å²) in [4.78, 5) is 21.2. The molecule has 0 unspecified atom stereocenters. The van der Waals surface area contributed by atoms with Crippen molar-refractivity contribution < 1.29 is 4.79 Å². The molecule has 5 nitrogen and oxygen atoms in total. The average molecular weight is 346 g/mol. The Bertz CT molecular complexity index is 723. The van der Waals surface area contributed by atoms with Crippen molar-refractivity contribution in [2.45, 2.75) is 19.8 Å². The number of nitrogens with zero attached hydrogens (tertiary/aromatic N) is 3.